The van der Waals surface area contributed by atoms with Gasteiger partial charge in [-0.3, -0.25) is 0 Å². The number of aliphatic hydroxyl groups excluding tert-OH is 1. The first-order chi connectivity index (χ1) is 9.00. The van der Waals surface area contributed by atoms with Gasteiger partial charge in [-0.1, -0.05) is 44.9 Å². The summed E-state index contributed by atoms with van der Waals surface area (Å²) in [6.45, 7) is 5.97. The zero-order chi connectivity index (χ0) is 14.3. The fourth-order valence-electron chi connectivity index (χ4n) is 2.44. The van der Waals surface area contributed by atoms with Crippen LogP contribution in [0.5, 0.6) is 0 Å². The van der Waals surface area contributed by atoms with Crippen molar-refractivity contribution in [3.8, 4) is 10.8 Å². The Labute approximate surface area is 125 Å². The van der Waals surface area contributed by atoms with Crippen LogP contribution < -0.4 is 0 Å². The normalized spacial score (nSPS) is 26.8. The minimum Gasteiger partial charge on any atom is -0.377 e. The number of rotatable bonds is 7. The lowest BCUT2D eigenvalue weighted by Gasteiger charge is -2.18. The van der Waals surface area contributed by atoms with Gasteiger partial charge in [-0.15, -0.1) is 0 Å². The van der Waals surface area contributed by atoms with Gasteiger partial charge in [0.15, 0.2) is 5.79 Å². The smallest absolute Gasteiger partial charge is 0.163 e. The van der Waals surface area contributed by atoms with Crippen LogP contribution in [0, 0.1) is 10.8 Å². The van der Waals surface area contributed by atoms with Gasteiger partial charge in [0.25, 0.3) is 0 Å². The maximum atomic E-state index is 9.98. The van der Waals surface area contributed by atoms with Crippen LogP contribution in [0.25, 0.3) is 0 Å². The van der Waals surface area contributed by atoms with E-state index in [1.54, 1.807) is 0 Å². The van der Waals surface area contributed by atoms with E-state index in [9.17, 15) is 5.11 Å². The summed E-state index contributed by atoms with van der Waals surface area (Å²) in [6.07, 6.45) is 5.80. The molecule has 1 rings (SSSR count). The molecule has 3 atom stereocenters. The van der Waals surface area contributed by atoms with E-state index in [0.29, 0.717) is 0 Å². The Morgan fingerprint density at radius 3 is 2.53 bits per heavy atom. The zero-order valence-electron chi connectivity index (χ0n) is 12.1. The van der Waals surface area contributed by atoms with Crippen molar-refractivity contribution < 1.29 is 14.6 Å². The van der Waals surface area contributed by atoms with Crippen molar-refractivity contribution in [2.45, 2.75) is 83.4 Å². The lowest BCUT2D eigenvalue weighted by molar-refractivity contribution is -0.152. The predicted octanol–water partition coefficient (Wildman–Crippen LogP) is 3.58. The highest BCUT2D eigenvalue weighted by Gasteiger charge is 2.43. The van der Waals surface area contributed by atoms with Gasteiger partial charge in [0.2, 0.25) is 0 Å². The Bertz CT molecular complexity index is 319. The number of hydrogen-bond acceptors (Lipinski definition) is 3. The molecule has 4 heteroatoms. The first kappa shape index (κ1) is 17.0. The average Bonchev–Trinajstić information content (AvgIpc) is 2.65. The molecule has 1 aliphatic rings. The molecule has 110 valence electrons. The fraction of sp³-hybridized carbons (Fsp3) is 0.867. The third-order valence-electron chi connectivity index (χ3n) is 3.33. The molecule has 0 aromatic carbocycles. The van der Waals surface area contributed by atoms with Crippen LogP contribution in [0.2, 0.25) is 0 Å². The highest BCUT2D eigenvalue weighted by atomic mass is 79.9. The van der Waals surface area contributed by atoms with Crippen molar-refractivity contribution >= 4 is 15.9 Å². The maximum Gasteiger partial charge on any atom is 0.163 e. The van der Waals surface area contributed by atoms with Crippen LogP contribution in [0.4, 0.5) is 0 Å². The van der Waals surface area contributed by atoms with E-state index in [1.165, 1.54) is 25.7 Å². The molecule has 0 aromatic heterocycles. The second-order valence-corrected chi connectivity index (χ2v) is 5.92. The molecule has 0 saturated carbocycles. The van der Waals surface area contributed by atoms with Crippen LogP contribution in [-0.2, 0) is 9.47 Å². The van der Waals surface area contributed by atoms with Gasteiger partial charge < -0.3 is 14.6 Å². The number of halogens is 1. The molecular formula is C15H25BrO3. The minimum absolute atomic E-state index is 0.0695. The largest absolute Gasteiger partial charge is 0.377 e. The Morgan fingerprint density at radius 1 is 1.21 bits per heavy atom. The first-order valence-electron chi connectivity index (χ1n) is 7.15. The SMILES string of the molecule is CCCCCCC[C@H]1OC(C)(C)O[C@@H]1[C@H](O)C#CBr. The van der Waals surface area contributed by atoms with Gasteiger partial charge in [-0.25, -0.2) is 0 Å². The van der Waals surface area contributed by atoms with Crippen LogP contribution in [0.3, 0.4) is 0 Å². The van der Waals surface area contributed by atoms with Crippen molar-refractivity contribution in [2.75, 3.05) is 0 Å². The molecule has 0 unspecified atom stereocenters. The van der Waals surface area contributed by atoms with Gasteiger partial charge in [-0.05, 0) is 25.1 Å². The van der Waals surface area contributed by atoms with Crippen LogP contribution in [0.1, 0.15) is 59.3 Å². The molecule has 0 bridgehead atoms. The lowest BCUT2D eigenvalue weighted by Crippen LogP contribution is -2.34. The van der Waals surface area contributed by atoms with Crippen LogP contribution >= 0.6 is 15.9 Å². The summed E-state index contributed by atoms with van der Waals surface area (Å²) in [5.74, 6) is 2.05. The van der Waals surface area contributed by atoms with Crippen molar-refractivity contribution in [3.05, 3.63) is 0 Å². The van der Waals surface area contributed by atoms with Crippen molar-refractivity contribution in [3.63, 3.8) is 0 Å². The summed E-state index contributed by atoms with van der Waals surface area (Å²) >= 11 is 3.01. The molecule has 0 aliphatic carbocycles. The highest BCUT2D eigenvalue weighted by Crippen LogP contribution is 2.32. The molecule has 1 N–H and O–H groups in total. The quantitative estimate of drug-likeness (QED) is 0.572. The minimum atomic E-state index is -0.804. The number of ether oxygens (including phenoxy) is 2. The van der Waals surface area contributed by atoms with E-state index in [2.05, 4.69) is 33.6 Å². The second kappa shape index (κ2) is 8.26. The molecule has 0 aromatic rings. The van der Waals surface area contributed by atoms with Gasteiger partial charge in [0.05, 0.1) is 6.10 Å². The molecule has 0 radical (unpaired) electrons. The third kappa shape index (κ3) is 5.83. The van der Waals surface area contributed by atoms with E-state index in [0.717, 1.165) is 12.8 Å². The molecule has 19 heavy (non-hydrogen) atoms. The molecule has 3 nitrogen and oxygen atoms in total. The van der Waals surface area contributed by atoms with Gasteiger partial charge in [0.1, 0.15) is 12.2 Å². The Kier molecular flexibility index (Phi) is 7.38. The van der Waals surface area contributed by atoms with E-state index in [4.69, 9.17) is 9.47 Å². The van der Waals surface area contributed by atoms with Gasteiger partial charge >= 0.3 is 0 Å². The molecular weight excluding hydrogens is 308 g/mol. The fourth-order valence-corrected chi connectivity index (χ4v) is 2.68. The molecule has 1 fully saturated rings. The number of hydrogen-bond donors (Lipinski definition) is 1. The Hall–Kier alpha value is -0.0800. The standard InChI is InChI=1S/C15H25BrO3/c1-4-5-6-7-8-9-13-14(12(17)10-11-16)19-15(2,3)18-13/h12-14,17H,4-9H2,1-3H3/t12-,13-,14-/m1/s1. The average molecular weight is 333 g/mol. The zero-order valence-corrected chi connectivity index (χ0v) is 13.7. The van der Waals surface area contributed by atoms with Gasteiger partial charge in [-0.2, -0.15) is 0 Å². The van der Waals surface area contributed by atoms with Crippen LogP contribution in [0.15, 0.2) is 0 Å². The van der Waals surface area contributed by atoms with E-state index < -0.39 is 11.9 Å². The Balaban J connectivity index is 2.45. The molecule has 1 saturated heterocycles. The lowest BCUT2D eigenvalue weighted by atomic mass is 10.0. The van der Waals surface area contributed by atoms with E-state index in [-0.39, 0.29) is 12.2 Å². The molecule has 1 heterocycles. The van der Waals surface area contributed by atoms with Crippen molar-refractivity contribution in [1.29, 1.82) is 0 Å². The summed E-state index contributed by atoms with van der Waals surface area (Å²) in [5, 5.41) is 9.98. The summed E-state index contributed by atoms with van der Waals surface area (Å²) < 4.78 is 11.6. The topological polar surface area (TPSA) is 38.7 Å². The first-order valence-corrected chi connectivity index (χ1v) is 7.94. The van der Waals surface area contributed by atoms with E-state index in [1.807, 2.05) is 13.8 Å². The Morgan fingerprint density at radius 2 is 1.89 bits per heavy atom. The maximum absolute atomic E-state index is 9.98. The second-order valence-electron chi connectivity index (χ2n) is 5.53. The summed E-state index contributed by atoms with van der Waals surface area (Å²) in [7, 11) is 0. The van der Waals surface area contributed by atoms with Crippen molar-refractivity contribution in [2.24, 2.45) is 0 Å². The number of aliphatic hydroxyl groups is 1. The monoisotopic (exact) mass is 332 g/mol. The molecule has 1 aliphatic heterocycles. The molecule has 0 spiro atoms. The highest BCUT2D eigenvalue weighted by molar-refractivity contribution is 9.12. The summed E-state index contributed by atoms with van der Waals surface area (Å²) in [5.41, 5.74) is 0. The number of unbranched alkanes of at least 4 members (excludes halogenated alkanes) is 4. The van der Waals surface area contributed by atoms with Gasteiger partial charge in [0, 0.05) is 15.9 Å². The van der Waals surface area contributed by atoms with Crippen LogP contribution in [-0.4, -0.2) is 29.2 Å². The van der Waals surface area contributed by atoms with Crippen molar-refractivity contribution in [1.82, 2.24) is 0 Å². The summed E-state index contributed by atoms with van der Waals surface area (Å²) in [4.78, 5) is 2.55. The van der Waals surface area contributed by atoms with E-state index >= 15 is 0 Å². The predicted molar refractivity (Wildman–Crippen MR) is 79.9 cm³/mol. The third-order valence-corrected chi connectivity index (χ3v) is 3.56. The summed E-state index contributed by atoms with van der Waals surface area (Å²) in [6, 6.07) is 0. The molecule has 0 amide bonds.